The summed E-state index contributed by atoms with van der Waals surface area (Å²) in [4.78, 5) is 27.0. The molecule has 2 N–H and O–H groups in total. The van der Waals surface area contributed by atoms with Crippen LogP contribution in [0.2, 0.25) is 0 Å². The third-order valence-electron chi connectivity index (χ3n) is 4.41. The molecule has 0 bridgehead atoms. The van der Waals surface area contributed by atoms with E-state index in [2.05, 4.69) is 11.5 Å². The molecule has 6 nitrogen and oxygen atoms in total. The second-order valence-electron chi connectivity index (χ2n) is 5.98. The Balaban J connectivity index is 2.28. The first-order chi connectivity index (χ1) is 9.78. The minimum atomic E-state index is -0.982. The fraction of sp³-hybridized carbons (Fsp3) is 0.600. The van der Waals surface area contributed by atoms with Crippen LogP contribution in [0, 0.1) is 11.8 Å². The van der Waals surface area contributed by atoms with Crippen molar-refractivity contribution in [3.8, 4) is 0 Å². The lowest BCUT2D eigenvalue weighted by molar-refractivity contribution is -0.314. The molecule has 0 radical (unpaired) electrons. The number of esters is 1. The standard InChI is InChI=1S/C15H20O6/c1-8(4-5-13(16)17)11-6-10-9(2)14(18)20-12(10)7-15(11,3)21-19/h6,8,10,12,19H,2,4-5,7H2,1,3H3,(H,16,17). The molecular formula is C15H20O6. The van der Waals surface area contributed by atoms with Crippen LogP contribution in [0.4, 0.5) is 0 Å². The number of hydrogen-bond donors (Lipinski definition) is 2. The summed E-state index contributed by atoms with van der Waals surface area (Å²) in [6.45, 7) is 7.34. The van der Waals surface area contributed by atoms with Crippen LogP contribution in [0.5, 0.6) is 0 Å². The molecule has 0 aromatic carbocycles. The van der Waals surface area contributed by atoms with Crippen molar-refractivity contribution in [3.63, 3.8) is 0 Å². The summed E-state index contributed by atoms with van der Waals surface area (Å²) in [5.41, 5.74) is 0.194. The summed E-state index contributed by atoms with van der Waals surface area (Å²) in [6.07, 6.45) is 2.23. The van der Waals surface area contributed by atoms with Crippen molar-refractivity contribution in [2.45, 2.75) is 44.8 Å². The first kappa shape index (κ1) is 15.7. The Bertz CT molecular complexity index is 508. The molecule has 0 aromatic rings. The van der Waals surface area contributed by atoms with Crippen LogP contribution in [0.15, 0.2) is 23.8 Å². The van der Waals surface area contributed by atoms with Crippen LogP contribution < -0.4 is 0 Å². The highest BCUT2D eigenvalue weighted by atomic mass is 17.1. The van der Waals surface area contributed by atoms with Gasteiger partial charge < -0.3 is 9.84 Å². The van der Waals surface area contributed by atoms with E-state index in [0.29, 0.717) is 18.4 Å². The van der Waals surface area contributed by atoms with Crippen molar-refractivity contribution in [3.05, 3.63) is 23.8 Å². The first-order valence-corrected chi connectivity index (χ1v) is 6.95. The zero-order valence-electron chi connectivity index (χ0n) is 12.2. The van der Waals surface area contributed by atoms with E-state index in [4.69, 9.17) is 9.84 Å². The topological polar surface area (TPSA) is 93.1 Å². The number of carboxylic acid groups (broad SMARTS) is 1. The summed E-state index contributed by atoms with van der Waals surface area (Å²) in [7, 11) is 0. The zero-order chi connectivity index (χ0) is 15.8. The second kappa shape index (κ2) is 5.61. The Morgan fingerprint density at radius 2 is 2.33 bits per heavy atom. The van der Waals surface area contributed by atoms with Crippen LogP contribution in [0.25, 0.3) is 0 Å². The molecule has 116 valence electrons. The van der Waals surface area contributed by atoms with Gasteiger partial charge in [-0.15, -0.1) is 0 Å². The van der Waals surface area contributed by atoms with Gasteiger partial charge in [-0.05, 0) is 24.8 Å². The quantitative estimate of drug-likeness (QED) is 0.265. The molecule has 1 aliphatic heterocycles. The normalized spacial score (nSPS) is 33.2. The zero-order valence-corrected chi connectivity index (χ0v) is 12.2. The van der Waals surface area contributed by atoms with Gasteiger partial charge in [0.05, 0.1) is 0 Å². The maximum Gasteiger partial charge on any atom is 0.334 e. The van der Waals surface area contributed by atoms with E-state index in [-0.39, 0.29) is 18.3 Å². The molecule has 0 amide bonds. The number of hydrogen-bond acceptors (Lipinski definition) is 5. The third-order valence-corrected chi connectivity index (χ3v) is 4.41. The second-order valence-corrected chi connectivity index (χ2v) is 5.98. The predicted octanol–water partition coefficient (Wildman–Crippen LogP) is 2.16. The van der Waals surface area contributed by atoms with Crippen LogP contribution in [0.1, 0.15) is 33.1 Å². The third kappa shape index (κ3) is 2.87. The van der Waals surface area contributed by atoms with Gasteiger partial charge >= 0.3 is 11.9 Å². The number of rotatable bonds is 5. The molecule has 1 saturated heterocycles. The molecule has 0 aromatic heterocycles. The Labute approximate surface area is 123 Å². The minimum absolute atomic E-state index is 0.0322. The van der Waals surface area contributed by atoms with E-state index in [0.717, 1.165) is 5.57 Å². The first-order valence-electron chi connectivity index (χ1n) is 6.95. The van der Waals surface area contributed by atoms with Gasteiger partial charge in [-0.3, -0.25) is 10.1 Å². The minimum Gasteiger partial charge on any atom is -0.481 e. The number of carbonyl (C=O) groups is 2. The van der Waals surface area contributed by atoms with Crippen molar-refractivity contribution in [1.82, 2.24) is 0 Å². The van der Waals surface area contributed by atoms with E-state index in [1.807, 2.05) is 13.0 Å². The Kier molecular flexibility index (Phi) is 4.20. The van der Waals surface area contributed by atoms with Gasteiger partial charge in [0.1, 0.15) is 11.7 Å². The highest BCUT2D eigenvalue weighted by Gasteiger charge is 2.49. The summed E-state index contributed by atoms with van der Waals surface area (Å²) >= 11 is 0. The lowest BCUT2D eigenvalue weighted by atomic mass is 9.72. The van der Waals surface area contributed by atoms with Gasteiger partial charge in [0.15, 0.2) is 0 Å². The molecule has 0 spiro atoms. The van der Waals surface area contributed by atoms with Crippen LogP contribution in [0.3, 0.4) is 0 Å². The molecule has 2 rings (SSSR count). The maximum absolute atomic E-state index is 11.6. The average molecular weight is 296 g/mol. The van der Waals surface area contributed by atoms with E-state index in [1.165, 1.54) is 0 Å². The Morgan fingerprint density at radius 3 is 2.90 bits per heavy atom. The largest absolute Gasteiger partial charge is 0.481 e. The summed E-state index contributed by atoms with van der Waals surface area (Å²) < 4.78 is 5.23. The van der Waals surface area contributed by atoms with Crippen LogP contribution in [-0.4, -0.2) is 34.0 Å². The summed E-state index contributed by atoms with van der Waals surface area (Å²) in [6, 6.07) is 0. The number of carbonyl (C=O) groups excluding carboxylic acids is 1. The lowest BCUT2D eigenvalue weighted by Crippen LogP contribution is -2.42. The van der Waals surface area contributed by atoms with Crippen molar-refractivity contribution < 1.29 is 29.6 Å². The highest BCUT2D eigenvalue weighted by molar-refractivity contribution is 5.91. The summed E-state index contributed by atoms with van der Waals surface area (Å²) in [5, 5.41) is 18.1. The molecule has 21 heavy (non-hydrogen) atoms. The predicted molar refractivity (Wildman–Crippen MR) is 73.4 cm³/mol. The molecule has 2 aliphatic rings. The van der Waals surface area contributed by atoms with E-state index in [1.54, 1.807) is 6.92 Å². The van der Waals surface area contributed by atoms with Crippen molar-refractivity contribution >= 4 is 11.9 Å². The van der Waals surface area contributed by atoms with Gasteiger partial charge in [-0.1, -0.05) is 19.6 Å². The van der Waals surface area contributed by atoms with Crippen molar-refractivity contribution in [1.29, 1.82) is 0 Å². The number of aliphatic carboxylic acids is 1. The molecule has 4 unspecified atom stereocenters. The average Bonchev–Trinajstić information content (AvgIpc) is 2.69. The van der Waals surface area contributed by atoms with Crippen molar-refractivity contribution in [2.24, 2.45) is 11.8 Å². The summed E-state index contributed by atoms with van der Waals surface area (Å²) in [5.74, 6) is -1.63. The highest BCUT2D eigenvalue weighted by Crippen LogP contribution is 2.45. The molecular weight excluding hydrogens is 276 g/mol. The fourth-order valence-electron chi connectivity index (χ4n) is 3.17. The maximum atomic E-state index is 11.6. The van der Waals surface area contributed by atoms with Crippen molar-refractivity contribution in [2.75, 3.05) is 0 Å². The smallest absolute Gasteiger partial charge is 0.334 e. The molecule has 4 atom stereocenters. The number of carboxylic acids is 1. The van der Waals surface area contributed by atoms with Gasteiger partial charge in [-0.2, -0.15) is 0 Å². The molecule has 1 heterocycles. The Hall–Kier alpha value is -1.66. The number of ether oxygens (including phenoxy) is 1. The van der Waals surface area contributed by atoms with Gasteiger partial charge in [0.25, 0.3) is 0 Å². The van der Waals surface area contributed by atoms with E-state index in [9.17, 15) is 14.8 Å². The number of fused-ring (bicyclic) bond motifs is 1. The Morgan fingerprint density at radius 1 is 1.67 bits per heavy atom. The van der Waals surface area contributed by atoms with E-state index < -0.39 is 23.6 Å². The molecule has 6 heteroatoms. The van der Waals surface area contributed by atoms with Gasteiger partial charge in [0, 0.05) is 24.3 Å². The fourth-order valence-corrected chi connectivity index (χ4v) is 3.17. The lowest BCUT2D eigenvalue weighted by Gasteiger charge is -2.39. The molecule has 1 aliphatic carbocycles. The van der Waals surface area contributed by atoms with Gasteiger partial charge in [0.2, 0.25) is 0 Å². The van der Waals surface area contributed by atoms with Crippen LogP contribution in [-0.2, 0) is 19.2 Å². The molecule has 1 fully saturated rings. The van der Waals surface area contributed by atoms with Gasteiger partial charge in [-0.25, -0.2) is 9.68 Å². The van der Waals surface area contributed by atoms with Crippen LogP contribution >= 0.6 is 0 Å². The molecule has 0 saturated carbocycles. The monoisotopic (exact) mass is 296 g/mol. The van der Waals surface area contributed by atoms with E-state index >= 15 is 0 Å². The SMILES string of the molecule is C=C1C(=O)OC2CC(C)(OO)C(C(C)CCC(=O)O)=CC12.